The third kappa shape index (κ3) is 3.07. The molecule has 0 spiro atoms. The lowest BCUT2D eigenvalue weighted by Gasteiger charge is -2.28. The van der Waals surface area contributed by atoms with E-state index in [0.717, 1.165) is 5.56 Å². The van der Waals surface area contributed by atoms with E-state index >= 15 is 0 Å². The standard InChI is InChI=1S/C13H18NO4P/c1-3-17-19(15,18-4-2)14-13(10-11-16-14)12-8-6-5-7-9-12/h5-10H,3-4,11H2,1-2H3. The molecule has 0 aromatic heterocycles. The van der Waals surface area contributed by atoms with Gasteiger partial charge in [-0.1, -0.05) is 30.3 Å². The number of nitrogens with zero attached hydrogens (tertiary/aromatic N) is 1. The largest absolute Gasteiger partial charge is 0.458 e. The zero-order valence-corrected chi connectivity index (χ0v) is 12.0. The van der Waals surface area contributed by atoms with E-state index in [2.05, 4.69) is 0 Å². The SMILES string of the molecule is CCOP(=O)(OCC)N1OCC=C1c1ccccc1. The van der Waals surface area contributed by atoms with Crippen LogP contribution in [0.3, 0.4) is 0 Å². The lowest BCUT2D eigenvalue weighted by molar-refractivity contribution is -0.0373. The molecule has 2 rings (SSSR count). The Morgan fingerprint density at radius 2 is 1.84 bits per heavy atom. The van der Waals surface area contributed by atoms with Crippen molar-refractivity contribution in [1.82, 2.24) is 4.83 Å². The van der Waals surface area contributed by atoms with E-state index in [4.69, 9.17) is 13.9 Å². The number of benzene rings is 1. The average Bonchev–Trinajstić information content (AvgIpc) is 2.90. The first-order valence-electron chi connectivity index (χ1n) is 6.29. The number of hydrogen-bond donors (Lipinski definition) is 0. The molecule has 0 bridgehead atoms. The molecule has 5 nitrogen and oxygen atoms in total. The normalized spacial score (nSPS) is 15.7. The van der Waals surface area contributed by atoms with Crippen LogP contribution in [0.2, 0.25) is 0 Å². The predicted octanol–water partition coefficient (Wildman–Crippen LogP) is 3.46. The Bertz CT molecular complexity index is 479. The van der Waals surface area contributed by atoms with Crippen molar-refractivity contribution in [3.05, 3.63) is 42.0 Å². The Hall–Kier alpha value is -1.13. The fourth-order valence-electron chi connectivity index (χ4n) is 1.84. The molecular formula is C13H18NO4P. The molecule has 1 aliphatic rings. The van der Waals surface area contributed by atoms with Crippen molar-refractivity contribution in [2.24, 2.45) is 0 Å². The topological polar surface area (TPSA) is 48.0 Å². The molecule has 1 aromatic rings. The summed E-state index contributed by atoms with van der Waals surface area (Å²) < 4.78 is 23.3. The Balaban J connectivity index is 2.29. The van der Waals surface area contributed by atoms with Gasteiger partial charge < -0.3 is 0 Å². The second kappa shape index (κ2) is 6.35. The smallest absolute Gasteiger partial charge is 0.291 e. The summed E-state index contributed by atoms with van der Waals surface area (Å²) in [5.74, 6) is 0. The van der Waals surface area contributed by atoms with Crippen LogP contribution in [0.4, 0.5) is 0 Å². The highest BCUT2D eigenvalue weighted by atomic mass is 31.2. The van der Waals surface area contributed by atoms with Crippen molar-refractivity contribution in [3.8, 4) is 0 Å². The molecule has 104 valence electrons. The molecular weight excluding hydrogens is 265 g/mol. The zero-order valence-electron chi connectivity index (χ0n) is 11.1. The van der Waals surface area contributed by atoms with Gasteiger partial charge in [0.1, 0.15) is 0 Å². The van der Waals surface area contributed by atoms with Crippen LogP contribution in [0.25, 0.3) is 5.70 Å². The molecule has 0 fully saturated rings. The summed E-state index contributed by atoms with van der Waals surface area (Å²) in [5.41, 5.74) is 1.63. The van der Waals surface area contributed by atoms with Crippen molar-refractivity contribution < 1.29 is 18.5 Å². The molecule has 0 radical (unpaired) electrons. The molecule has 19 heavy (non-hydrogen) atoms. The maximum atomic E-state index is 12.7. The first-order chi connectivity index (χ1) is 9.21. The number of rotatable bonds is 6. The van der Waals surface area contributed by atoms with Gasteiger partial charge in [0.25, 0.3) is 0 Å². The molecule has 1 aromatic carbocycles. The van der Waals surface area contributed by atoms with Crippen molar-refractivity contribution in [1.29, 1.82) is 0 Å². The maximum Gasteiger partial charge on any atom is 0.458 e. The van der Waals surface area contributed by atoms with Gasteiger partial charge in [0.2, 0.25) is 0 Å². The monoisotopic (exact) mass is 283 g/mol. The highest BCUT2D eigenvalue weighted by Crippen LogP contribution is 2.57. The second-order valence-electron chi connectivity index (χ2n) is 3.83. The fourth-order valence-corrected chi connectivity index (χ4v) is 3.45. The minimum Gasteiger partial charge on any atom is -0.291 e. The van der Waals surface area contributed by atoms with Gasteiger partial charge in [0.15, 0.2) is 0 Å². The third-order valence-corrected chi connectivity index (χ3v) is 4.50. The molecule has 1 heterocycles. The molecule has 0 saturated carbocycles. The minimum absolute atomic E-state index is 0.291. The summed E-state index contributed by atoms with van der Waals surface area (Å²) in [6.45, 7) is 4.48. The van der Waals surface area contributed by atoms with E-state index in [9.17, 15) is 4.57 Å². The summed E-state index contributed by atoms with van der Waals surface area (Å²) in [4.78, 5) is 6.69. The van der Waals surface area contributed by atoms with Crippen molar-refractivity contribution >= 4 is 13.4 Å². The predicted molar refractivity (Wildman–Crippen MR) is 73.1 cm³/mol. The van der Waals surface area contributed by atoms with Gasteiger partial charge in [-0.2, -0.15) is 4.83 Å². The lowest BCUT2D eigenvalue weighted by atomic mass is 10.2. The maximum absolute atomic E-state index is 12.7. The second-order valence-corrected chi connectivity index (χ2v) is 5.65. The van der Waals surface area contributed by atoms with Gasteiger partial charge >= 0.3 is 7.75 Å². The third-order valence-electron chi connectivity index (χ3n) is 2.56. The van der Waals surface area contributed by atoms with Gasteiger partial charge in [-0.25, -0.2) is 4.57 Å². The zero-order chi connectivity index (χ0) is 13.7. The highest BCUT2D eigenvalue weighted by Gasteiger charge is 2.39. The van der Waals surface area contributed by atoms with Gasteiger partial charge in [-0.15, -0.1) is 0 Å². The Kier molecular flexibility index (Phi) is 4.77. The summed E-state index contributed by atoms with van der Waals surface area (Å²) >= 11 is 0. The molecule has 0 amide bonds. The van der Waals surface area contributed by atoms with Gasteiger partial charge in [0, 0.05) is 5.56 Å². The van der Waals surface area contributed by atoms with Crippen LogP contribution >= 0.6 is 7.75 Å². The summed E-state index contributed by atoms with van der Waals surface area (Å²) in [5, 5.41) is 0. The van der Waals surface area contributed by atoms with Crippen molar-refractivity contribution in [2.45, 2.75) is 13.8 Å². The molecule has 0 aliphatic carbocycles. The molecule has 0 saturated heterocycles. The number of hydroxylamine groups is 1. The van der Waals surface area contributed by atoms with E-state index in [-0.39, 0.29) is 0 Å². The minimum atomic E-state index is -3.45. The average molecular weight is 283 g/mol. The Morgan fingerprint density at radius 1 is 1.21 bits per heavy atom. The van der Waals surface area contributed by atoms with Gasteiger partial charge in [0.05, 0.1) is 25.5 Å². The van der Waals surface area contributed by atoms with Crippen LogP contribution in [0.5, 0.6) is 0 Å². The number of hydrogen-bond acceptors (Lipinski definition) is 4. The van der Waals surface area contributed by atoms with Crippen LogP contribution < -0.4 is 0 Å². The van der Waals surface area contributed by atoms with Crippen molar-refractivity contribution in [3.63, 3.8) is 0 Å². The first kappa shape index (κ1) is 14.3. The molecule has 1 aliphatic heterocycles. The fraction of sp³-hybridized carbons (Fsp3) is 0.385. The summed E-state index contributed by atoms with van der Waals surface area (Å²) in [6.07, 6.45) is 1.86. The van der Waals surface area contributed by atoms with Crippen LogP contribution in [0.1, 0.15) is 19.4 Å². The quantitative estimate of drug-likeness (QED) is 0.748. The molecule has 0 unspecified atom stereocenters. The van der Waals surface area contributed by atoms with E-state index in [1.165, 1.54) is 4.83 Å². The van der Waals surface area contributed by atoms with Crippen LogP contribution in [-0.2, 0) is 18.5 Å². The van der Waals surface area contributed by atoms with E-state index in [1.807, 2.05) is 36.4 Å². The van der Waals surface area contributed by atoms with E-state index in [1.54, 1.807) is 13.8 Å². The lowest BCUT2D eigenvalue weighted by Crippen LogP contribution is -2.18. The highest BCUT2D eigenvalue weighted by molar-refractivity contribution is 7.51. The summed E-state index contributed by atoms with van der Waals surface area (Å²) in [7, 11) is -3.45. The Labute approximate surface area is 113 Å². The first-order valence-corrected chi connectivity index (χ1v) is 7.79. The summed E-state index contributed by atoms with van der Waals surface area (Å²) in [6, 6.07) is 9.61. The molecule has 6 heteroatoms. The Morgan fingerprint density at radius 3 is 2.42 bits per heavy atom. The van der Waals surface area contributed by atoms with Crippen LogP contribution in [0, 0.1) is 0 Å². The van der Waals surface area contributed by atoms with E-state index < -0.39 is 7.75 Å². The van der Waals surface area contributed by atoms with Gasteiger partial charge in [-0.3, -0.25) is 13.9 Å². The van der Waals surface area contributed by atoms with Crippen LogP contribution in [0.15, 0.2) is 36.4 Å². The van der Waals surface area contributed by atoms with Crippen molar-refractivity contribution in [2.75, 3.05) is 19.8 Å². The van der Waals surface area contributed by atoms with E-state index in [0.29, 0.717) is 25.5 Å². The van der Waals surface area contributed by atoms with Crippen LogP contribution in [-0.4, -0.2) is 24.7 Å². The molecule has 0 N–H and O–H groups in total. The van der Waals surface area contributed by atoms with Gasteiger partial charge in [-0.05, 0) is 19.9 Å². The molecule has 0 atom stereocenters.